The molecule has 4 rings (SSSR count). The SMILES string of the molecule is COc1ccc(N2CC(C(=O)NCc3cc(C)nc(N4CCOCC4)n3)CC2=O)cc1. The molecule has 0 spiro atoms. The lowest BCUT2D eigenvalue weighted by Crippen LogP contribution is -2.38. The average molecular weight is 425 g/mol. The highest BCUT2D eigenvalue weighted by molar-refractivity contribution is 6.00. The fourth-order valence-corrected chi connectivity index (χ4v) is 3.83. The van der Waals surface area contributed by atoms with Gasteiger partial charge in [0.25, 0.3) is 0 Å². The first kappa shape index (κ1) is 21.0. The molecule has 2 fully saturated rings. The molecule has 9 nitrogen and oxygen atoms in total. The molecule has 9 heteroatoms. The Morgan fingerprint density at radius 3 is 2.68 bits per heavy atom. The van der Waals surface area contributed by atoms with Crippen LogP contribution in [-0.4, -0.2) is 61.7 Å². The zero-order valence-electron chi connectivity index (χ0n) is 17.8. The number of anilines is 2. The van der Waals surface area contributed by atoms with Gasteiger partial charge in [-0.05, 0) is 37.3 Å². The van der Waals surface area contributed by atoms with E-state index in [9.17, 15) is 9.59 Å². The van der Waals surface area contributed by atoms with Crippen LogP contribution in [0.15, 0.2) is 30.3 Å². The topological polar surface area (TPSA) is 96.9 Å². The molecule has 2 amide bonds. The molecule has 31 heavy (non-hydrogen) atoms. The molecule has 0 saturated carbocycles. The quantitative estimate of drug-likeness (QED) is 0.745. The van der Waals surface area contributed by atoms with Gasteiger partial charge in [0.2, 0.25) is 17.8 Å². The number of nitrogens with one attached hydrogen (secondary N) is 1. The number of nitrogens with zero attached hydrogens (tertiary/aromatic N) is 4. The van der Waals surface area contributed by atoms with Gasteiger partial charge in [-0.15, -0.1) is 0 Å². The van der Waals surface area contributed by atoms with Crippen molar-refractivity contribution in [1.29, 1.82) is 0 Å². The number of aromatic nitrogens is 2. The van der Waals surface area contributed by atoms with E-state index in [4.69, 9.17) is 9.47 Å². The number of morpholine rings is 1. The molecule has 2 aliphatic rings. The largest absolute Gasteiger partial charge is 0.497 e. The summed E-state index contributed by atoms with van der Waals surface area (Å²) in [5, 5.41) is 2.94. The van der Waals surface area contributed by atoms with Crippen LogP contribution < -0.4 is 19.9 Å². The molecule has 0 bridgehead atoms. The number of carbonyl (C=O) groups excluding carboxylic acids is 2. The fourth-order valence-electron chi connectivity index (χ4n) is 3.83. The lowest BCUT2D eigenvalue weighted by Gasteiger charge is -2.27. The third-order valence-corrected chi connectivity index (χ3v) is 5.51. The van der Waals surface area contributed by atoms with E-state index >= 15 is 0 Å². The highest BCUT2D eigenvalue weighted by Crippen LogP contribution is 2.27. The van der Waals surface area contributed by atoms with Crippen molar-refractivity contribution in [2.75, 3.05) is 49.8 Å². The van der Waals surface area contributed by atoms with Crippen molar-refractivity contribution in [1.82, 2.24) is 15.3 Å². The van der Waals surface area contributed by atoms with Crippen molar-refractivity contribution in [2.45, 2.75) is 19.9 Å². The Hall–Kier alpha value is -3.20. The first-order valence-corrected chi connectivity index (χ1v) is 10.4. The number of hydrogen-bond donors (Lipinski definition) is 1. The molecule has 1 N–H and O–H groups in total. The highest BCUT2D eigenvalue weighted by atomic mass is 16.5. The second-order valence-electron chi connectivity index (χ2n) is 7.72. The Bertz CT molecular complexity index is 943. The Morgan fingerprint density at radius 2 is 1.97 bits per heavy atom. The van der Waals surface area contributed by atoms with Gasteiger partial charge in [0.15, 0.2) is 0 Å². The minimum atomic E-state index is -0.392. The molecule has 164 valence electrons. The van der Waals surface area contributed by atoms with Gasteiger partial charge in [-0.1, -0.05) is 0 Å². The van der Waals surface area contributed by atoms with E-state index in [0.717, 1.165) is 35.9 Å². The third kappa shape index (κ3) is 4.93. The van der Waals surface area contributed by atoms with Crippen LogP contribution in [-0.2, 0) is 20.9 Å². The highest BCUT2D eigenvalue weighted by Gasteiger charge is 2.35. The molecule has 0 radical (unpaired) electrons. The normalized spacial score (nSPS) is 18.9. The van der Waals surface area contributed by atoms with Gasteiger partial charge in [0.05, 0.1) is 38.5 Å². The van der Waals surface area contributed by atoms with Crippen molar-refractivity contribution in [3.8, 4) is 5.75 Å². The van der Waals surface area contributed by atoms with E-state index in [0.29, 0.717) is 32.3 Å². The monoisotopic (exact) mass is 425 g/mol. The van der Waals surface area contributed by atoms with E-state index < -0.39 is 5.92 Å². The van der Waals surface area contributed by atoms with Crippen LogP contribution in [0.25, 0.3) is 0 Å². The summed E-state index contributed by atoms with van der Waals surface area (Å²) < 4.78 is 10.5. The van der Waals surface area contributed by atoms with E-state index in [1.165, 1.54) is 0 Å². The molecule has 1 aromatic heterocycles. The minimum Gasteiger partial charge on any atom is -0.497 e. The zero-order valence-corrected chi connectivity index (χ0v) is 17.8. The van der Waals surface area contributed by atoms with Crippen LogP contribution in [0, 0.1) is 12.8 Å². The molecule has 2 aromatic rings. The summed E-state index contributed by atoms with van der Waals surface area (Å²) >= 11 is 0. The van der Waals surface area contributed by atoms with Crippen molar-refractivity contribution < 1.29 is 19.1 Å². The second kappa shape index (κ2) is 9.30. The van der Waals surface area contributed by atoms with E-state index in [-0.39, 0.29) is 18.2 Å². The van der Waals surface area contributed by atoms with Gasteiger partial charge >= 0.3 is 0 Å². The first-order valence-electron chi connectivity index (χ1n) is 10.4. The first-order chi connectivity index (χ1) is 15.0. The Kier molecular flexibility index (Phi) is 6.31. The molecule has 1 atom stereocenters. The summed E-state index contributed by atoms with van der Waals surface area (Å²) in [6, 6.07) is 9.13. The lowest BCUT2D eigenvalue weighted by molar-refractivity contribution is -0.126. The van der Waals surface area contributed by atoms with Crippen LogP contribution in [0.1, 0.15) is 17.8 Å². The smallest absolute Gasteiger partial charge is 0.227 e. The average Bonchev–Trinajstić information content (AvgIpc) is 3.19. The van der Waals surface area contributed by atoms with Crippen molar-refractivity contribution in [2.24, 2.45) is 5.92 Å². The summed E-state index contributed by atoms with van der Waals surface area (Å²) in [5.41, 5.74) is 2.36. The van der Waals surface area contributed by atoms with Gasteiger partial charge in [0.1, 0.15) is 5.75 Å². The Balaban J connectivity index is 1.36. The number of methoxy groups -OCH3 is 1. The lowest BCUT2D eigenvalue weighted by atomic mass is 10.1. The maximum atomic E-state index is 12.7. The number of rotatable bonds is 6. The van der Waals surface area contributed by atoms with E-state index in [1.807, 2.05) is 25.1 Å². The number of carbonyl (C=O) groups is 2. The maximum Gasteiger partial charge on any atom is 0.227 e. The second-order valence-corrected chi connectivity index (χ2v) is 7.72. The number of aryl methyl sites for hydroxylation is 1. The van der Waals surface area contributed by atoms with Crippen LogP contribution >= 0.6 is 0 Å². The van der Waals surface area contributed by atoms with Gasteiger partial charge < -0.3 is 24.6 Å². The van der Waals surface area contributed by atoms with Gasteiger partial charge in [0, 0.05) is 37.4 Å². The van der Waals surface area contributed by atoms with Crippen molar-refractivity contribution in [3.63, 3.8) is 0 Å². The number of hydrogen-bond acceptors (Lipinski definition) is 7. The van der Waals surface area contributed by atoms with Gasteiger partial charge in [-0.3, -0.25) is 9.59 Å². The predicted octanol–water partition coefficient (Wildman–Crippen LogP) is 1.30. The molecular formula is C22H27N5O4. The number of amides is 2. The molecule has 2 saturated heterocycles. The van der Waals surface area contributed by atoms with E-state index in [1.54, 1.807) is 24.1 Å². The number of ether oxygens (including phenoxy) is 2. The molecule has 1 aromatic carbocycles. The van der Waals surface area contributed by atoms with Crippen molar-refractivity contribution >= 4 is 23.5 Å². The van der Waals surface area contributed by atoms with Crippen LogP contribution in [0.3, 0.4) is 0 Å². The van der Waals surface area contributed by atoms with Crippen LogP contribution in [0.5, 0.6) is 5.75 Å². The number of benzene rings is 1. The molecular weight excluding hydrogens is 398 g/mol. The molecule has 0 aliphatic carbocycles. The standard InChI is InChI=1S/C22H27N5O4/c1-15-11-17(25-22(24-15)26-7-9-31-10-8-26)13-23-21(29)16-12-20(28)27(14-16)18-3-5-19(30-2)6-4-18/h3-6,11,16H,7-10,12-14H2,1-2H3,(H,23,29). The summed E-state index contributed by atoms with van der Waals surface area (Å²) in [6.45, 7) is 5.39. The van der Waals surface area contributed by atoms with Crippen LogP contribution in [0.4, 0.5) is 11.6 Å². The van der Waals surface area contributed by atoms with Gasteiger partial charge in [-0.25, -0.2) is 9.97 Å². The maximum absolute atomic E-state index is 12.7. The summed E-state index contributed by atoms with van der Waals surface area (Å²) in [5.74, 6) is 0.790. The van der Waals surface area contributed by atoms with Crippen LogP contribution in [0.2, 0.25) is 0 Å². The third-order valence-electron chi connectivity index (χ3n) is 5.51. The fraction of sp³-hybridized carbons (Fsp3) is 0.455. The summed E-state index contributed by atoms with van der Waals surface area (Å²) in [7, 11) is 1.60. The van der Waals surface area contributed by atoms with E-state index in [2.05, 4.69) is 20.2 Å². The van der Waals surface area contributed by atoms with Gasteiger partial charge in [-0.2, -0.15) is 0 Å². The Labute approximate surface area is 181 Å². The summed E-state index contributed by atoms with van der Waals surface area (Å²) in [6.07, 6.45) is 0.194. The molecule has 3 heterocycles. The zero-order chi connectivity index (χ0) is 21.8. The molecule has 1 unspecified atom stereocenters. The van der Waals surface area contributed by atoms with Crippen molar-refractivity contribution in [3.05, 3.63) is 41.7 Å². The minimum absolute atomic E-state index is 0.0576. The summed E-state index contributed by atoms with van der Waals surface area (Å²) in [4.78, 5) is 38.0. The molecule has 2 aliphatic heterocycles. The Morgan fingerprint density at radius 1 is 1.23 bits per heavy atom. The predicted molar refractivity (Wildman–Crippen MR) is 115 cm³/mol.